The quantitative estimate of drug-likeness (QED) is 0.892. The number of nitrogens with zero attached hydrogens (tertiary/aromatic N) is 2. The lowest BCUT2D eigenvalue weighted by Gasteiger charge is -2.23. The molecule has 1 saturated heterocycles. The molecule has 2 fully saturated rings. The highest BCUT2D eigenvalue weighted by atomic mass is 19.1. The summed E-state index contributed by atoms with van der Waals surface area (Å²) in [4.78, 5) is 12.3. The number of hydrogen-bond acceptors (Lipinski definition) is 3. The summed E-state index contributed by atoms with van der Waals surface area (Å²) < 4.78 is 14.6. The summed E-state index contributed by atoms with van der Waals surface area (Å²) in [5.41, 5.74) is 1.44. The first kappa shape index (κ1) is 13.5. The lowest BCUT2D eigenvalue weighted by molar-refractivity contribution is 0.230. The van der Waals surface area contributed by atoms with E-state index in [-0.39, 0.29) is 17.9 Å². The predicted octanol–water partition coefficient (Wildman–Crippen LogP) is 2.00. The fraction of sp³-hybridized carbons (Fsp3) is 0.375. The molecule has 5 nitrogen and oxygen atoms in total. The van der Waals surface area contributed by atoms with Crippen LogP contribution in [0.5, 0.6) is 0 Å². The molecule has 1 aliphatic heterocycles. The van der Waals surface area contributed by atoms with Crippen LogP contribution in [0.1, 0.15) is 12.8 Å². The molecule has 3 unspecified atom stereocenters. The second kappa shape index (κ2) is 5.21. The van der Waals surface area contributed by atoms with E-state index in [9.17, 15) is 9.18 Å². The molecule has 2 aliphatic rings. The van der Waals surface area contributed by atoms with Gasteiger partial charge in [-0.1, -0.05) is 12.1 Å². The highest BCUT2D eigenvalue weighted by molar-refractivity contribution is 5.77. The number of piperidine rings is 1. The largest absolute Gasteiger partial charge is 0.342 e. The molecule has 1 aromatic carbocycles. The molecule has 4 rings (SSSR count). The van der Waals surface area contributed by atoms with Gasteiger partial charge in [0.2, 0.25) is 0 Å². The van der Waals surface area contributed by atoms with E-state index in [1.807, 2.05) is 0 Å². The van der Waals surface area contributed by atoms with Crippen molar-refractivity contribution in [2.24, 2.45) is 5.92 Å². The van der Waals surface area contributed by atoms with Gasteiger partial charge in [-0.2, -0.15) is 9.78 Å². The molecule has 2 bridgehead atoms. The van der Waals surface area contributed by atoms with E-state index in [0.717, 1.165) is 24.9 Å². The third-order valence-corrected chi connectivity index (χ3v) is 4.62. The summed E-state index contributed by atoms with van der Waals surface area (Å²) in [5.74, 6) is 0.219. The van der Waals surface area contributed by atoms with E-state index < -0.39 is 0 Å². The number of amides is 1. The minimum Gasteiger partial charge on any atom is -0.333 e. The Morgan fingerprint density at radius 3 is 3.00 bits per heavy atom. The number of aromatic nitrogens is 2. The smallest absolute Gasteiger partial charge is 0.333 e. The Bertz CT molecular complexity index is 714. The van der Waals surface area contributed by atoms with Crippen molar-refractivity contribution in [1.29, 1.82) is 0 Å². The van der Waals surface area contributed by atoms with Crippen LogP contribution in [-0.4, -0.2) is 34.4 Å². The molecule has 2 heterocycles. The number of benzene rings is 1. The maximum atomic E-state index is 13.3. The van der Waals surface area contributed by atoms with Gasteiger partial charge in [-0.05, 0) is 36.5 Å². The van der Waals surface area contributed by atoms with E-state index in [0.29, 0.717) is 17.5 Å². The highest BCUT2D eigenvalue weighted by Crippen LogP contribution is 2.31. The Morgan fingerprint density at radius 1 is 1.36 bits per heavy atom. The molecular weight excluding hydrogens is 283 g/mol. The van der Waals surface area contributed by atoms with Crippen molar-refractivity contribution >= 4 is 6.03 Å². The van der Waals surface area contributed by atoms with Crippen LogP contribution in [0.25, 0.3) is 11.1 Å². The monoisotopic (exact) mass is 300 g/mol. The average Bonchev–Trinajstić information content (AvgIpc) is 3.23. The third-order valence-electron chi connectivity index (χ3n) is 4.62. The number of rotatable bonds is 2. The Balaban J connectivity index is 1.48. The van der Waals surface area contributed by atoms with Gasteiger partial charge in [0, 0.05) is 30.4 Å². The Labute approximate surface area is 127 Å². The summed E-state index contributed by atoms with van der Waals surface area (Å²) in [5, 5.41) is 10.6. The standard InChI is InChI=1S/C16H17FN4O/c17-13-3-1-2-10(4-13)12-8-19-21(9-12)16(22)20-15-6-14-5-11(15)7-18-14/h1-4,8-9,11,14-15,18H,5-7H2,(H,20,22). The van der Waals surface area contributed by atoms with Crippen LogP contribution >= 0.6 is 0 Å². The summed E-state index contributed by atoms with van der Waals surface area (Å²) in [6.07, 6.45) is 5.33. The number of fused-ring (bicyclic) bond motifs is 2. The maximum absolute atomic E-state index is 13.3. The lowest BCUT2D eigenvalue weighted by atomic mass is 10.0. The van der Waals surface area contributed by atoms with Gasteiger partial charge in [-0.3, -0.25) is 0 Å². The van der Waals surface area contributed by atoms with E-state index in [1.165, 1.54) is 16.8 Å². The van der Waals surface area contributed by atoms with Crippen LogP contribution in [-0.2, 0) is 0 Å². The van der Waals surface area contributed by atoms with Crippen molar-refractivity contribution in [3.05, 3.63) is 42.5 Å². The first-order valence-electron chi connectivity index (χ1n) is 7.54. The average molecular weight is 300 g/mol. The van der Waals surface area contributed by atoms with Crippen LogP contribution in [0.4, 0.5) is 9.18 Å². The maximum Gasteiger partial charge on any atom is 0.342 e. The first-order chi connectivity index (χ1) is 10.7. The number of hydrogen-bond donors (Lipinski definition) is 2. The van der Waals surface area contributed by atoms with Crippen LogP contribution in [0.2, 0.25) is 0 Å². The summed E-state index contributed by atoms with van der Waals surface area (Å²) in [6.45, 7) is 0.975. The molecule has 0 radical (unpaired) electrons. The Hall–Kier alpha value is -2.21. The zero-order valence-corrected chi connectivity index (χ0v) is 12.0. The summed E-state index contributed by atoms with van der Waals surface area (Å²) >= 11 is 0. The molecule has 1 saturated carbocycles. The Morgan fingerprint density at radius 2 is 2.27 bits per heavy atom. The molecular formula is C16H17FN4O. The van der Waals surface area contributed by atoms with Gasteiger partial charge in [-0.25, -0.2) is 9.18 Å². The topological polar surface area (TPSA) is 59.0 Å². The van der Waals surface area contributed by atoms with Crippen molar-refractivity contribution in [1.82, 2.24) is 20.4 Å². The van der Waals surface area contributed by atoms with Crippen molar-refractivity contribution in [3.8, 4) is 11.1 Å². The van der Waals surface area contributed by atoms with Gasteiger partial charge in [-0.15, -0.1) is 0 Å². The number of carbonyl (C=O) groups excluding carboxylic acids is 1. The van der Waals surface area contributed by atoms with Crippen molar-refractivity contribution in [2.75, 3.05) is 6.54 Å². The van der Waals surface area contributed by atoms with E-state index in [4.69, 9.17) is 0 Å². The van der Waals surface area contributed by atoms with Crippen molar-refractivity contribution < 1.29 is 9.18 Å². The predicted molar refractivity (Wildman–Crippen MR) is 79.9 cm³/mol. The van der Waals surface area contributed by atoms with Gasteiger partial charge in [0.15, 0.2) is 0 Å². The SMILES string of the molecule is O=C(NC1CC2CC1CN2)n1cc(-c2cccc(F)c2)cn1. The van der Waals surface area contributed by atoms with Crippen LogP contribution in [0.3, 0.4) is 0 Å². The second-order valence-corrected chi connectivity index (χ2v) is 6.08. The minimum absolute atomic E-state index is 0.222. The molecule has 1 aromatic heterocycles. The van der Waals surface area contributed by atoms with Crippen LogP contribution in [0.15, 0.2) is 36.7 Å². The van der Waals surface area contributed by atoms with Gasteiger partial charge in [0.1, 0.15) is 5.82 Å². The molecule has 0 spiro atoms. The fourth-order valence-corrected chi connectivity index (χ4v) is 3.49. The highest BCUT2D eigenvalue weighted by Gasteiger charge is 2.40. The second-order valence-electron chi connectivity index (χ2n) is 6.08. The van der Waals surface area contributed by atoms with Crippen LogP contribution in [0, 0.1) is 11.7 Å². The summed E-state index contributed by atoms with van der Waals surface area (Å²) in [7, 11) is 0. The molecule has 6 heteroatoms. The third kappa shape index (κ3) is 2.39. The summed E-state index contributed by atoms with van der Waals surface area (Å²) in [6, 6.07) is 6.80. The van der Waals surface area contributed by atoms with Gasteiger partial charge < -0.3 is 10.6 Å². The molecule has 2 N–H and O–H groups in total. The molecule has 2 aromatic rings. The zero-order valence-electron chi connectivity index (χ0n) is 12.0. The van der Waals surface area contributed by atoms with Crippen LogP contribution < -0.4 is 10.6 Å². The minimum atomic E-state index is -0.302. The van der Waals surface area contributed by atoms with E-state index in [2.05, 4.69) is 15.7 Å². The molecule has 22 heavy (non-hydrogen) atoms. The van der Waals surface area contributed by atoms with Crippen molar-refractivity contribution in [2.45, 2.75) is 24.9 Å². The van der Waals surface area contributed by atoms with Gasteiger partial charge in [0.25, 0.3) is 0 Å². The molecule has 1 aliphatic carbocycles. The lowest BCUT2D eigenvalue weighted by Crippen LogP contribution is -2.45. The molecule has 114 valence electrons. The normalized spacial score (nSPS) is 26.3. The first-order valence-corrected chi connectivity index (χ1v) is 7.54. The molecule has 3 atom stereocenters. The number of halogens is 1. The number of carbonyl (C=O) groups is 1. The van der Waals surface area contributed by atoms with E-state index in [1.54, 1.807) is 24.5 Å². The zero-order chi connectivity index (χ0) is 15.1. The fourth-order valence-electron chi connectivity index (χ4n) is 3.49. The van der Waals surface area contributed by atoms with Crippen molar-refractivity contribution in [3.63, 3.8) is 0 Å². The van der Waals surface area contributed by atoms with Gasteiger partial charge >= 0.3 is 6.03 Å². The Kier molecular flexibility index (Phi) is 3.18. The number of nitrogens with one attached hydrogen (secondary N) is 2. The molecule has 1 amide bonds. The van der Waals surface area contributed by atoms with E-state index >= 15 is 0 Å². The van der Waals surface area contributed by atoms with Gasteiger partial charge in [0.05, 0.1) is 6.20 Å².